The molecule has 25 heavy (non-hydrogen) atoms. The van der Waals surface area contributed by atoms with Crippen LogP contribution in [0.3, 0.4) is 0 Å². The van der Waals surface area contributed by atoms with Crippen LogP contribution in [0.1, 0.15) is 0 Å². The first-order valence-corrected chi connectivity index (χ1v) is 8.74. The summed E-state index contributed by atoms with van der Waals surface area (Å²) in [6.45, 7) is 0. The minimum absolute atomic E-state index is 0.933. The molecule has 5 nitrogen and oxygen atoms in total. The first kappa shape index (κ1) is 15.7. The summed E-state index contributed by atoms with van der Waals surface area (Å²) < 4.78 is 3.63. The highest BCUT2D eigenvalue weighted by Crippen LogP contribution is 2.40. The van der Waals surface area contributed by atoms with Gasteiger partial charge in [0.1, 0.15) is 5.03 Å². The second kappa shape index (κ2) is 6.57. The van der Waals surface area contributed by atoms with Crippen LogP contribution in [-0.2, 0) is 14.1 Å². The van der Waals surface area contributed by atoms with Gasteiger partial charge in [-0.2, -0.15) is 10.2 Å². The average Bonchev–Trinajstić information content (AvgIpc) is 3.24. The van der Waals surface area contributed by atoms with Gasteiger partial charge in [0.15, 0.2) is 0 Å². The molecule has 0 bridgehead atoms. The van der Waals surface area contributed by atoms with Gasteiger partial charge in [0, 0.05) is 48.7 Å². The van der Waals surface area contributed by atoms with Gasteiger partial charge in [0.2, 0.25) is 0 Å². The van der Waals surface area contributed by atoms with Crippen LogP contribution in [0.5, 0.6) is 0 Å². The second-order valence-corrected chi connectivity index (χ2v) is 6.76. The summed E-state index contributed by atoms with van der Waals surface area (Å²) in [6, 6.07) is 16.3. The van der Waals surface area contributed by atoms with Gasteiger partial charge in [-0.15, -0.1) is 0 Å². The predicted molar refractivity (Wildman–Crippen MR) is 99.2 cm³/mol. The molecule has 6 heteroatoms. The third kappa shape index (κ3) is 3.21. The van der Waals surface area contributed by atoms with Crippen LogP contribution in [0.4, 0.5) is 0 Å². The number of aromatic nitrogens is 5. The average molecular weight is 347 g/mol. The molecule has 0 aliphatic heterocycles. The van der Waals surface area contributed by atoms with Crippen molar-refractivity contribution in [1.82, 2.24) is 24.5 Å². The van der Waals surface area contributed by atoms with E-state index in [4.69, 9.17) is 0 Å². The van der Waals surface area contributed by atoms with Crippen molar-refractivity contribution >= 4 is 11.8 Å². The number of aryl methyl sites for hydroxylation is 2. The Morgan fingerprint density at radius 3 is 2.32 bits per heavy atom. The third-order valence-electron chi connectivity index (χ3n) is 3.84. The second-order valence-electron chi connectivity index (χ2n) is 5.70. The number of hydrogen-bond acceptors (Lipinski definition) is 4. The van der Waals surface area contributed by atoms with Gasteiger partial charge in [-0.3, -0.25) is 14.3 Å². The highest BCUT2D eigenvalue weighted by Gasteiger charge is 2.16. The lowest BCUT2D eigenvalue weighted by Crippen LogP contribution is -1.93. The molecule has 0 fully saturated rings. The minimum Gasteiger partial charge on any atom is -0.275 e. The van der Waals surface area contributed by atoms with E-state index in [2.05, 4.69) is 33.4 Å². The maximum Gasteiger partial charge on any atom is 0.123 e. The molecule has 0 saturated heterocycles. The van der Waals surface area contributed by atoms with Gasteiger partial charge in [-0.1, -0.05) is 30.0 Å². The number of pyridine rings is 1. The number of nitrogens with zero attached hydrogens (tertiary/aromatic N) is 5. The van der Waals surface area contributed by atoms with Crippen molar-refractivity contribution in [3.05, 3.63) is 67.1 Å². The maximum atomic E-state index is 4.58. The van der Waals surface area contributed by atoms with Gasteiger partial charge in [-0.25, -0.2) is 0 Å². The van der Waals surface area contributed by atoms with Crippen LogP contribution in [0, 0.1) is 0 Å². The summed E-state index contributed by atoms with van der Waals surface area (Å²) in [5, 5.41) is 10.0. The van der Waals surface area contributed by atoms with Crippen LogP contribution in [-0.4, -0.2) is 24.5 Å². The van der Waals surface area contributed by atoms with E-state index < -0.39 is 0 Å². The van der Waals surface area contributed by atoms with Crippen LogP contribution in [0.25, 0.3) is 22.5 Å². The lowest BCUT2D eigenvalue weighted by molar-refractivity contribution is 0.738. The lowest BCUT2D eigenvalue weighted by atomic mass is 10.0. The molecule has 4 rings (SSSR count). The van der Waals surface area contributed by atoms with E-state index in [1.54, 1.807) is 11.8 Å². The normalized spacial score (nSPS) is 11.0. The molecule has 0 radical (unpaired) electrons. The molecule has 124 valence electrons. The standard InChI is InChI=1S/C19H17N5S/c1-23-12-9-15(21-23)14-6-5-8-17(25-18-10-13-24(2)22-18)19(14)16-7-3-4-11-20-16/h3-13H,1-2H3. The molecule has 0 aliphatic rings. The van der Waals surface area contributed by atoms with Gasteiger partial charge in [-0.05, 0) is 30.3 Å². The number of rotatable bonds is 4. The monoisotopic (exact) mass is 347 g/mol. The summed E-state index contributed by atoms with van der Waals surface area (Å²) in [5.41, 5.74) is 4.02. The molecule has 0 unspecified atom stereocenters. The van der Waals surface area contributed by atoms with Crippen molar-refractivity contribution in [2.45, 2.75) is 9.92 Å². The topological polar surface area (TPSA) is 48.5 Å². The fourth-order valence-electron chi connectivity index (χ4n) is 2.72. The summed E-state index contributed by atoms with van der Waals surface area (Å²) in [5.74, 6) is 0. The van der Waals surface area contributed by atoms with Gasteiger partial charge >= 0.3 is 0 Å². The molecule has 0 aliphatic carbocycles. The zero-order chi connectivity index (χ0) is 17.2. The zero-order valence-electron chi connectivity index (χ0n) is 14.0. The molecule has 3 aromatic heterocycles. The number of benzene rings is 1. The molecule has 4 aromatic rings. The van der Waals surface area contributed by atoms with Crippen molar-refractivity contribution in [3.63, 3.8) is 0 Å². The lowest BCUT2D eigenvalue weighted by Gasteiger charge is -2.12. The van der Waals surface area contributed by atoms with Crippen molar-refractivity contribution in [2.75, 3.05) is 0 Å². The molecule has 0 spiro atoms. The van der Waals surface area contributed by atoms with Crippen LogP contribution < -0.4 is 0 Å². The SMILES string of the molecule is Cn1ccc(Sc2cccc(-c3ccn(C)n3)c2-c2ccccn2)n1. The Morgan fingerprint density at radius 1 is 0.800 bits per heavy atom. The third-order valence-corrected chi connectivity index (χ3v) is 4.83. The zero-order valence-corrected chi connectivity index (χ0v) is 14.8. The van der Waals surface area contributed by atoms with Crippen LogP contribution >= 0.6 is 11.8 Å². The molecular weight excluding hydrogens is 330 g/mol. The van der Waals surface area contributed by atoms with Gasteiger partial charge < -0.3 is 0 Å². The molecule has 0 amide bonds. The maximum absolute atomic E-state index is 4.58. The van der Waals surface area contributed by atoms with Crippen molar-refractivity contribution in [1.29, 1.82) is 0 Å². The first-order valence-electron chi connectivity index (χ1n) is 7.92. The fraction of sp³-hybridized carbons (Fsp3) is 0.105. The Morgan fingerprint density at radius 2 is 1.64 bits per heavy atom. The van der Waals surface area contributed by atoms with Crippen LogP contribution in [0.15, 0.2) is 77.0 Å². The Balaban J connectivity index is 1.88. The van der Waals surface area contributed by atoms with E-state index in [9.17, 15) is 0 Å². The molecule has 3 heterocycles. The van der Waals surface area contributed by atoms with E-state index in [-0.39, 0.29) is 0 Å². The van der Waals surface area contributed by atoms with E-state index in [0.717, 1.165) is 32.4 Å². The van der Waals surface area contributed by atoms with E-state index in [1.165, 1.54) is 0 Å². The highest BCUT2D eigenvalue weighted by molar-refractivity contribution is 7.99. The molecule has 0 N–H and O–H groups in total. The van der Waals surface area contributed by atoms with Gasteiger partial charge in [0.25, 0.3) is 0 Å². The summed E-state index contributed by atoms with van der Waals surface area (Å²) in [6.07, 6.45) is 5.72. The largest absolute Gasteiger partial charge is 0.275 e. The molecule has 0 atom stereocenters. The first-order chi connectivity index (χ1) is 12.2. The van der Waals surface area contributed by atoms with E-state index in [1.807, 2.05) is 72.4 Å². The summed E-state index contributed by atoms with van der Waals surface area (Å²) in [4.78, 5) is 5.69. The molecule has 1 aromatic carbocycles. The Kier molecular flexibility index (Phi) is 4.11. The summed E-state index contributed by atoms with van der Waals surface area (Å²) >= 11 is 1.64. The Bertz CT molecular complexity index is 1000. The Labute approximate surface area is 150 Å². The van der Waals surface area contributed by atoms with Crippen LogP contribution in [0.2, 0.25) is 0 Å². The minimum atomic E-state index is 0.933. The van der Waals surface area contributed by atoms with Crippen molar-refractivity contribution in [3.8, 4) is 22.5 Å². The Hall–Kier alpha value is -2.86. The molecule has 0 saturated carbocycles. The summed E-state index contributed by atoms with van der Waals surface area (Å²) in [7, 11) is 3.85. The van der Waals surface area contributed by atoms with Crippen molar-refractivity contribution in [2.24, 2.45) is 14.1 Å². The quantitative estimate of drug-likeness (QED) is 0.559. The molecular formula is C19H17N5S. The van der Waals surface area contributed by atoms with Crippen molar-refractivity contribution < 1.29 is 0 Å². The van der Waals surface area contributed by atoms with E-state index in [0.29, 0.717) is 0 Å². The predicted octanol–water partition coefficient (Wildman–Crippen LogP) is 4.03. The van der Waals surface area contributed by atoms with E-state index >= 15 is 0 Å². The number of hydrogen-bond donors (Lipinski definition) is 0. The van der Waals surface area contributed by atoms with Gasteiger partial charge in [0.05, 0.1) is 11.4 Å². The fourth-order valence-corrected chi connectivity index (χ4v) is 3.71. The highest BCUT2D eigenvalue weighted by atomic mass is 32.2. The smallest absolute Gasteiger partial charge is 0.123 e.